The Kier molecular flexibility index (Phi) is 7.30. The molecule has 0 spiro atoms. The Morgan fingerprint density at radius 3 is 2.37 bits per heavy atom. The summed E-state index contributed by atoms with van der Waals surface area (Å²) in [7, 11) is 0. The predicted octanol–water partition coefficient (Wildman–Crippen LogP) is 2.39. The van der Waals surface area contributed by atoms with Gasteiger partial charge in [0.05, 0.1) is 6.54 Å². The molecule has 0 bridgehead atoms. The van der Waals surface area contributed by atoms with Gasteiger partial charge in [0, 0.05) is 42.5 Å². The van der Waals surface area contributed by atoms with Gasteiger partial charge in [0.15, 0.2) is 12.4 Å². The first-order chi connectivity index (χ1) is 14.4. The van der Waals surface area contributed by atoms with Gasteiger partial charge in [-0.1, -0.05) is 17.7 Å². The number of hydrogen-bond donors (Lipinski definition) is 1. The molecule has 7 nitrogen and oxygen atoms in total. The number of benzene rings is 2. The number of carbonyl (C=O) groups is 3. The van der Waals surface area contributed by atoms with Crippen LogP contribution in [0.15, 0.2) is 48.5 Å². The summed E-state index contributed by atoms with van der Waals surface area (Å²) in [4.78, 5) is 39.5. The van der Waals surface area contributed by atoms with E-state index < -0.39 is 0 Å². The largest absolute Gasteiger partial charge is 0.484 e. The highest BCUT2D eigenvalue weighted by Crippen LogP contribution is 2.20. The molecule has 0 aliphatic carbocycles. The first-order valence-corrected chi connectivity index (χ1v) is 10.1. The number of anilines is 1. The van der Waals surface area contributed by atoms with Crippen molar-refractivity contribution in [3.8, 4) is 5.75 Å². The van der Waals surface area contributed by atoms with Gasteiger partial charge in [-0.3, -0.25) is 14.4 Å². The Balaban J connectivity index is 1.38. The lowest BCUT2D eigenvalue weighted by Crippen LogP contribution is -2.51. The van der Waals surface area contributed by atoms with Crippen molar-refractivity contribution in [1.29, 1.82) is 0 Å². The van der Waals surface area contributed by atoms with Crippen LogP contribution in [0.3, 0.4) is 0 Å². The van der Waals surface area contributed by atoms with Gasteiger partial charge in [-0.15, -0.1) is 0 Å². The molecule has 0 radical (unpaired) electrons. The highest BCUT2D eigenvalue weighted by molar-refractivity contribution is 6.30. The fourth-order valence-corrected chi connectivity index (χ4v) is 3.34. The number of rotatable bonds is 7. The van der Waals surface area contributed by atoms with Crippen molar-refractivity contribution in [1.82, 2.24) is 10.2 Å². The fourth-order valence-electron chi connectivity index (χ4n) is 3.16. The molecule has 158 valence electrons. The second kappa shape index (κ2) is 10.1. The number of ketones is 1. The van der Waals surface area contributed by atoms with Crippen LogP contribution in [0.5, 0.6) is 5.75 Å². The number of ether oxygens (including phenoxy) is 1. The summed E-state index contributed by atoms with van der Waals surface area (Å²) in [6.07, 6.45) is 0. The molecule has 1 fully saturated rings. The van der Waals surface area contributed by atoms with Gasteiger partial charge in [-0.2, -0.15) is 0 Å². The predicted molar refractivity (Wildman–Crippen MR) is 115 cm³/mol. The van der Waals surface area contributed by atoms with Crippen molar-refractivity contribution >= 4 is 34.9 Å². The maximum atomic E-state index is 12.4. The van der Waals surface area contributed by atoms with Crippen molar-refractivity contribution in [3.05, 3.63) is 59.1 Å². The Bertz CT molecular complexity index is 909. The number of nitrogens with zero attached hydrogens (tertiary/aromatic N) is 2. The first kappa shape index (κ1) is 21.6. The molecule has 1 aliphatic heterocycles. The zero-order valence-corrected chi connectivity index (χ0v) is 17.5. The number of Topliss-reactive ketones (excluding diaryl/α,β-unsaturated/α-hetero) is 1. The molecular formula is C22H24ClN3O4. The van der Waals surface area contributed by atoms with Crippen LogP contribution in [-0.2, 0) is 9.59 Å². The van der Waals surface area contributed by atoms with E-state index in [1.54, 1.807) is 29.2 Å². The first-order valence-electron chi connectivity index (χ1n) is 9.71. The van der Waals surface area contributed by atoms with E-state index in [0.717, 1.165) is 5.69 Å². The Morgan fingerprint density at radius 1 is 1.03 bits per heavy atom. The van der Waals surface area contributed by atoms with Crippen molar-refractivity contribution in [3.63, 3.8) is 0 Å². The third-order valence-corrected chi connectivity index (χ3v) is 5.11. The zero-order valence-electron chi connectivity index (χ0n) is 16.8. The number of nitrogens with one attached hydrogen (secondary N) is 1. The molecule has 0 atom stereocenters. The molecule has 2 amide bonds. The van der Waals surface area contributed by atoms with Crippen LogP contribution in [-0.4, -0.2) is 61.8 Å². The highest BCUT2D eigenvalue weighted by Gasteiger charge is 2.21. The third kappa shape index (κ3) is 5.97. The van der Waals surface area contributed by atoms with Gasteiger partial charge in [-0.05, 0) is 49.4 Å². The van der Waals surface area contributed by atoms with E-state index in [-0.39, 0.29) is 30.7 Å². The molecule has 1 heterocycles. The number of hydrogen-bond acceptors (Lipinski definition) is 5. The van der Waals surface area contributed by atoms with Crippen LogP contribution in [0.25, 0.3) is 0 Å². The smallest absolute Gasteiger partial charge is 0.258 e. The van der Waals surface area contributed by atoms with E-state index in [4.69, 9.17) is 16.3 Å². The summed E-state index contributed by atoms with van der Waals surface area (Å²) in [5, 5.41) is 3.28. The van der Waals surface area contributed by atoms with Crippen molar-refractivity contribution in [2.75, 3.05) is 44.2 Å². The molecule has 0 unspecified atom stereocenters. The minimum atomic E-state index is -0.378. The van der Waals surface area contributed by atoms with Crippen LogP contribution in [0.2, 0.25) is 5.02 Å². The van der Waals surface area contributed by atoms with Crippen LogP contribution in [0.4, 0.5) is 5.69 Å². The van der Waals surface area contributed by atoms with Gasteiger partial charge in [0.2, 0.25) is 5.91 Å². The number of halogens is 1. The quantitative estimate of drug-likeness (QED) is 0.684. The lowest BCUT2D eigenvalue weighted by atomic mass is 10.1. The standard InChI is InChI=1S/C22H24ClN3O4/c1-16(27)17-5-7-20(8-6-17)30-15-21(28)24-14-22(29)26-11-9-25(10-12-26)19-4-2-3-18(23)13-19/h2-8,13H,9-12,14-15H2,1H3,(H,24,28). The molecule has 2 aromatic rings. The summed E-state index contributed by atoms with van der Waals surface area (Å²) in [5.41, 5.74) is 1.62. The monoisotopic (exact) mass is 429 g/mol. The third-order valence-electron chi connectivity index (χ3n) is 4.87. The molecule has 1 N–H and O–H groups in total. The summed E-state index contributed by atoms with van der Waals surface area (Å²) in [6.45, 7) is 3.80. The van der Waals surface area contributed by atoms with Gasteiger partial charge >= 0.3 is 0 Å². The maximum Gasteiger partial charge on any atom is 0.258 e. The van der Waals surface area contributed by atoms with Gasteiger partial charge in [0.1, 0.15) is 5.75 Å². The van der Waals surface area contributed by atoms with Crippen LogP contribution in [0.1, 0.15) is 17.3 Å². The average molecular weight is 430 g/mol. The molecular weight excluding hydrogens is 406 g/mol. The Labute approximate surface area is 180 Å². The Hall–Kier alpha value is -3.06. The van der Waals surface area contributed by atoms with E-state index in [0.29, 0.717) is 42.5 Å². The zero-order chi connectivity index (χ0) is 21.5. The van der Waals surface area contributed by atoms with E-state index >= 15 is 0 Å². The van der Waals surface area contributed by atoms with E-state index in [1.807, 2.05) is 24.3 Å². The SMILES string of the molecule is CC(=O)c1ccc(OCC(=O)NCC(=O)N2CCN(c3cccc(Cl)c3)CC2)cc1. The van der Waals surface area contributed by atoms with Crippen molar-refractivity contribution in [2.24, 2.45) is 0 Å². The van der Waals surface area contributed by atoms with Crippen molar-refractivity contribution in [2.45, 2.75) is 6.92 Å². The molecule has 0 aromatic heterocycles. The molecule has 1 saturated heterocycles. The summed E-state index contributed by atoms with van der Waals surface area (Å²) in [5.74, 6) is -0.0544. The topological polar surface area (TPSA) is 78.9 Å². The van der Waals surface area contributed by atoms with Crippen LogP contribution >= 0.6 is 11.6 Å². The number of piperazine rings is 1. The van der Waals surface area contributed by atoms with E-state index in [2.05, 4.69) is 10.2 Å². The fraction of sp³-hybridized carbons (Fsp3) is 0.318. The average Bonchev–Trinajstić information content (AvgIpc) is 2.76. The molecule has 2 aromatic carbocycles. The minimum Gasteiger partial charge on any atom is -0.484 e. The van der Waals surface area contributed by atoms with E-state index in [1.165, 1.54) is 6.92 Å². The maximum absolute atomic E-state index is 12.4. The minimum absolute atomic E-state index is 0.0359. The highest BCUT2D eigenvalue weighted by atomic mass is 35.5. The second-order valence-corrected chi connectivity index (χ2v) is 7.43. The molecule has 8 heteroatoms. The van der Waals surface area contributed by atoms with Crippen molar-refractivity contribution < 1.29 is 19.1 Å². The normalized spacial score (nSPS) is 13.7. The van der Waals surface area contributed by atoms with E-state index in [9.17, 15) is 14.4 Å². The molecule has 0 saturated carbocycles. The summed E-state index contributed by atoms with van der Waals surface area (Å²) >= 11 is 6.04. The molecule has 1 aliphatic rings. The summed E-state index contributed by atoms with van der Waals surface area (Å²) < 4.78 is 5.39. The van der Waals surface area contributed by atoms with Gasteiger partial charge in [-0.25, -0.2) is 0 Å². The van der Waals surface area contributed by atoms with Gasteiger partial charge in [0.25, 0.3) is 5.91 Å². The number of carbonyl (C=O) groups excluding carboxylic acids is 3. The lowest BCUT2D eigenvalue weighted by Gasteiger charge is -2.36. The molecule has 3 rings (SSSR count). The summed E-state index contributed by atoms with van der Waals surface area (Å²) in [6, 6.07) is 14.2. The molecule has 30 heavy (non-hydrogen) atoms. The Morgan fingerprint density at radius 2 is 1.73 bits per heavy atom. The second-order valence-electron chi connectivity index (χ2n) is 6.99. The van der Waals surface area contributed by atoms with Gasteiger partial charge < -0.3 is 19.9 Å². The lowest BCUT2D eigenvalue weighted by molar-refractivity contribution is -0.133. The van der Waals surface area contributed by atoms with Crippen LogP contribution in [0, 0.1) is 0 Å². The number of amides is 2. The van der Waals surface area contributed by atoms with Crippen LogP contribution < -0.4 is 15.0 Å².